The molecule has 0 spiro atoms. The maximum absolute atomic E-state index is 14.3. The predicted octanol–water partition coefficient (Wildman–Crippen LogP) is 0.652. The molecule has 124 valence electrons. The molecule has 0 unspecified atom stereocenters. The van der Waals surface area contributed by atoms with E-state index in [0.29, 0.717) is 12.1 Å². The molecule has 1 fully saturated rings. The molecule has 2 rings (SSSR count). The van der Waals surface area contributed by atoms with Crippen molar-refractivity contribution in [1.82, 2.24) is 10.2 Å². The highest BCUT2D eigenvalue weighted by Gasteiger charge is 2.27. The molecule has 0 atom stereocenters. The van der Waals surface area contributed by atoms with Crippen molar-refractivity contribution in [2.45, 2.75) is 11.4 Å². The molecule has 1 N–H and O–H groups in total. The normalized spacial score (nSPS) is 16.5. The van der Waals surface area contributed by atoms with Crippen LogP contribution in [0.1, 0.15) is 5.56 Å². The van der Waals surface area contributed by atoms with Gasteiger partial charge in [-0.05, 0) is 6.07 Å². The molecule has 1 aromatic carbocycles. The van der Waals surface area contributed by atoms with Crippen LogP contribution in [0, 0.1) is 5.82 Å². The van der Waals surface area contributed by atoms with Crippen LogP contribution in [0.4, 0.5) is 4.39 Å². The van der Waals surface area contributed by atoms with E-state index in [1.54, 1.807) is 0 Å². The molecule has 0 bridgehead atoms. The summed E-state index contributed by atoms with van der Waals surface area (Å²) >= 11 is 0. The number of benzene rings is 1. The lowest BCUT2D eigenvalue weighted by Gasteiger charge is -2.28. The zero-order valence-electron chi connectivity index (χ0n) is 13.0. The van der Waals surface area contributed by atoms with Crippen LogP contribution in [0.2, 0.25) is 0 Å². The van der Waals surface area contributed by atoms with Gasteiger partial charge in [0.25, 0.3) is 0 Å². The Kier molecular flexibility index (Phi) is 5.25. The summed E-state index contributed by atoms with van der Waals surface area (Å²) in [7, 11) is -1.04. The van der Waals surface area contributed by atoms with Gasteiger partial charge >= 0.3 is 0 Å². The molecule has 1 aliphatic rings. The van der Waals surface area contributed by atoms with Gasteiger partial charge in [0.2, 0.25) is 0 Å². The van der Waals surface area contributed by atoms with Crippen molar-refractivity contribution >= 4 is 9.84 Å². The average Bonchev–Trinajstić information content (AvgIpc) is 2.46. The second-order valence-corrected chi connectivity index (χ2v) is 7.16. The van der Waals surface area contributed by atoms with Crippen molar-refractivity contribution in [3.8, 4) is 11.5 Å². The fourth-order valence-corrected chi connectivity index (χ4v) is 3.55. The number of hydrogen-bond acceptors (Lipinski definition) is 6. The fourth-order valence-electron chi connectivity index (χ4n) is 2.62. The van der Waals surface area contributed by atoms with Crippen molar-refractivity contribution < 1.29 is 22.3 Å². The first kappa shape index (κ1) is 17.0. The molecule has 0 aliphatic carbocycles. The Bertz CT molecular complexity index is 643. The first-order valence-corrected chi connectivity index (χ1v) is 8.84. The van der Waals surface area contributed by atoms with Gasteiger partial charge in [0.05, 0.1) is 14.2 Å². The molecule has 0 amide bonds. The number of rotatable bonds is 5. The van der Waals surface area contributed by atoms with Crippen molar-refractivity contribution in [3.63, 3.8) is 0 Å². The van der Waals surface area contributed by atoms with Crippen molar-refractivity contribution in [3.05, 3.63) is 17.4 Å². The van der Waals surface area contributed by atoms with Crippen LogP contribution in [0.3, 0.4) is 0 Å². The van der Waals surface area contributed by atoms with E-state index in [-0.39, 0.29) is 11.5 Å². The van der Waals surface area contributed by atoms with Crippen LogP contribution >= 0.6 is 0 Å². The minimum atomic E-state index is -3.76. The van der Waals surface area contributed by atoms with Gasteiger partial charge < -0.3 is 14.8 Å². The number of sulfone groups is 1. The van der Waals surface area contributed by atoms with Crippen molar-refractivity contribution in [2.75, 3.05) is 46.7 Å². The number of nitrogens with zero attached hydrogens (tertiary/aromatic N) is 1. The van der Waals surface area contributed by atoms with Gasteiger partial charge in [-0.2, -0.15) is 0 Å². The second kappa shape index (κ2) is 6.80. The Balaban J connectivity index is 2.49. The maximum Gasteiger partial charge on any atom is 0.182 e. The monoisotopic (exact) mass is 332 g/mol. The standard InChI is InChI=1S/C14H21FN2O4S/c1-20-12-10(9-17-6-4-16-5-7-17)8-11(15)14(13(12)21-2)22(3,18)19/h8,16H,4-7,9H2,1-3H3. The summed E-state index contributed by atoms with van der Waals surface area (Å²) in [6.45, 7) is 3.87. The molecule has 8 heteroatoms. The summed E-state index contributed by atoms with van der Waals surface area (Å²) in [6, 6.07) is 1.22. The second-order valence-electron chi connectivity index (χ2n) is 5.21. The lowest BCUT2D eigenvalue weighted by molar-refractivity contribution is 0.228. The van der Waals surface area contributed by atoms with Crippen LogP contribution < -0.4 is 14.8 Å². The Labute approximate surface area is 130 Å². The highest BCUT2D eigenvalue weighted by atomic mass is 32.2. The predicted molar refractivity (Wildman–Crippen MR) is 80.8 cm³/mol. The van der Waals surface area contributed by atoms with E-state index in [2.05, 4.69) is 10.2 Å². The number of nitrogens with one attached hydrogen (secondary N) is 1. The third-order valence-electron chi connectivity index (χ3n) is 3.60. The van der Waals surface area contributed by atoms with E-state index in [1.807, 2.05) is 0 Å². The molecule has 1 heterocycles. The topological polar surface area (TPSA) is 67.9 Å². The molecular weight excluding hydrogens is 311 g/mol. The van der Waals surface area contributed by atoms with E-state index in [0.717, 1.165) is 32.4 Å². The van der Waals surface area contributed by atoms with E-state index < -0.39 is 20.5 Å². The van der Waals surface area contributed by atoms with Gasteiger partial charge in [-0.15, -0.1) is 0 Å². The Morgan fingerprint density at radius 2 is 1.82 bits per heavy atom. The minimum Gasteiger partial charge on any atom is -0.492 e. The Hall–Kier alpha value is -1.38. The first-order chi connectivity index (χ1) is 10.4. The highest BCUT2D eigenvalue weighted by molar-refractivity contribution is 7.90. The van der Waals surface area contributed by atoms with Crippen LogP contribution in [-0.2, 0) is 16.4 Å². The fraction of sp³-hybridized carbons (Fsp3) is 0.571. The van der Waals surface area contributed by atoms with Gasteiger partial charge in [-0.1, -0.05) is 0 Å². The summed E-state index contributed by atoms with van der Waals surface area (Å²) in [6.07, 6.45) is 0.948. The average molecular weight is 332 g/mol. The third kappa shape index (κ3) is 3.50. The molecule has 6 nitrogen and oxygen atoms in total. The molecule has 0 aromatic heterocycles. The zero-order valence-corrected chi connectivity index (χ0v) is 13.8. The Morgan fingerprint density at radius 1 is 1.23 bits per heavy atom. The third-order valence-corrected chi connectivity index (χ3v) is 4.73. The molecule has 1 saturated heterocycles. The van der Waals surface area contributed by atoms with E-state index in [1.165, 1.54) is 20.3 Å². The lowest BCUT2D eigenvalue weighted by Crippen LogP contribution is -2.42. The lowest BCUT2D eigenvalue weighted by atomic mass is 10.1. The van der Waals surface area contributed by atoms with Gasteiger partial charge in [0.1, 0.15) is 10.7 Å². The summed E-state index contributed by atoms with van der Waals surface area (Å²) in [4.78, 5) is 1.68. The molecular formula is C14H21FN2O4S. The summed E-state index contributed by atoms with van der Waals surface area (Å²) in [5.41, 5.74) is 0.575. The highest BCUT2D eigenvalue weighted by Crippen LogP contribution is 2.39. The number of ether oxygens (including phenoxy) is 2. The summed E-state index contributed by atoms with van der Waals surface area (Å²) in [5.74, 6) is -0.622. The summed E-state index contributed by atoms with van der Waals surface area (Å²) in [5, 5.41) is 3.24. The van der Waals surface area contributed by atoms with Crippen LogP contribution in [0.25, 0.3) is 0 Å². The number of hydrogen-bond donors (Lipinski definition) is 1. The van der Waals surface area contributed by atoms with Gasteiger partial charge in [-0.3, -0.25) is 4.90 Å². The van der Waals surface area contributed by atoms with Crippen LogP contribution in [-0.4, -0.2) is 60.0 Å². The minimum absolute atomic E-state index is 0.0739. The molecule has 0 saturated carbocycles. The smallest absolute Gasteiger partial charge is 0.182 e. The van der Waals surface area contributed by atoms with Crippen molar-refractivity contribution in [2.24, 2.45) is 0 Å². The Morgan fingerprint density at radius 3 is 2.32 bits per heavy atom. The SMILES string of the molecule is COc1c(CN2CCNCC2)cc(F)c(S(C)(=O)=O)c1OC. The van der Waals surface area contributed by atoms with Crippen LogP contribution in [0.15, 0.2) is 11.0 Å². The maximum atomic E-state index is 14.3. The quantitative estimate of drug-likeness (QED) is 0.854. The molecule has 22 heavy (non-hydrogen) atoms. The van der Waals surface area contributed by atoms with E-state index >= 15 is 0 Å². The number of methoxy groups -OCH3 is 2. The first-order valence-electron chi connectivity index (χ1n) is 6.95. The molecule has 1 aromatic rings. The molecule has 1 aliphatic heterocycles. The number of halogens is 1. The number of piperazine rings is 1. The van der Waals surface area contributed by atoms with E-state index in [4.69, 9.17) is 9.47 Å². The van der Waals surface area contributed by atoms with Gasteiger partial charge in [0.15, 0.2) is 21.3 Å². The largest absolute Gasteiger partial charge is 0.492 e. The van der Waals surface area contributed by atoms with Gasteiger partial charge in [-0.25, -0.2) is 12.8 Å². The van der Waals surface area contributed by atoms with Gasteiger partial charge in [0, 0.05) is 44.5 Å². The summed E-state index contributed by atoms with van der Waals surface area (Å²) < 4.78 is 48.4. The van der Waals surface area contributed by atoms with Crippen molar-refractivity contribution in [1.29, 1.82) is 0 Å². The van der Waals surface area contributed by atoms with Crippen LogP contribution in [0.5, 0.6) is 11.5 Å². The molecule has 0 radical (unpaired) electrons. The zero-order chi connectivity index (χ0) is 16.3. The van der Waals surface area contributed by atoms with E-state index in [9.17, 15) is 12.8 Å².